The lowest BCUT2D eigenvalue weighted by Gasteiger charge is -2.23. The average molecular weight is 301 g/mol. The molecule has 0 radical (unpaired) electrons. The summed E-state index contributed by atoms with van der Waals surface area (Å²) in [6.07, 6.45) is 2.02. The van der Waals surface area contributed by atoms with Crippen molar-refractivity contribution >= 4 is 22.7 Å². The summed E-state index contributed by atoms with van der Waals surface area (Å²) in [5.74, 6) is -1.17. The number of aromatic carboxylic acids is 1. The van der Waals surface area contributed by atoms with Gasteiger partial charge in [-0.25, -0.2) is 9.78 Å². The molecule has 0 saturated carbocycles. The van der Waals surface area contributed by atoms with E-state index in [0.29, 0.717) is 17.9 Å². The molecule has 3 heterocycles. The molecule has 6 nitrogen and oxygen atoms in total. The monoisotopic (exact) mass is 301 g/mol. The van der Waals surface area contributed by atoms with E-state index in [2.05, 4.69) is 4.98 Å². The molecule has 1 saturated heterocycles. The molecule has 0 unspecified atom stereocenters. The first-order valence-corrected chi connectivity index (χ1v) is 7.57. The van der Waals surface area contributed by atoms with Crippen LogP contribution in [0.4, 0.5) is 5.69 Å². The summed E-state index contributed by atoms with van der Waals surface area (Å²) in [5.41, 5.74) is 1.30. The molecule has 0 bridgehead atoms. The van der Waals surface area contributed by atoms with E-state index in [4.69, 9.17) is 0 Å². The van der Waals surface area contributed by atoms with Crippen LogP contribution in [0.3, 0.4) is 0 Å². The van der Waals surface area contributed by atoms with Crippen LogP contribution in [0.15, 0.2) is 16.9 Å². The summed E-state index contributed by atoms with van der Waals surface area (Å²) in [7, 11) is 0. The molecule has 1 fully saturated rings. The second kappa shape index (κ2) is 5.44. The number of pyridine rings is 2. The molecule has 2 aromatic rings. The number of carboxylic acids is 1. The smallest absolute Gasteiger partial charge is 0.343 e. The van der Waals surface area contributed by atoms with Crippen molar-refractivity contribution in [1.82, 2.24) is 9.55 Å². The number of fused-ring (bicyclic) bond motifs is 1. The zero-order valence-corrected chi connectivity index (χ0v) is 12.8. The number of hydrogen-bond donors (Lipinski definition) is 1. The van der Waals surface area contributed by atoms with Crippen LogP contribution in [0.25, 0.3) is 11.0 Å². The first-order chi connectivity index (χ1) is 10.5. The Balaban J connectivity index is 2.46. The van der Waals surface area contributed by atoms with Gasteiger partial charge in [0, 0.05) is 30.7 Å². The number of aryl methyl sites for hydroxylation is 2. The van der Waals surface area contributed by atoms with Crippen molar-refractivity contribution in [3.63, 3.8) is 0 Å². The van der Waals surface area contributed by atoms with Crippen molar-refractivity contribution in [3.05, 3.63) is 33.7 Å². The Morgan fingerprint density at radius 3 is 2.59 bits per heavy atom. The lowest BCUT2D eigenvalue weighted by molar-refractivity contribution is 0.0695. The molecule has 116 valence electrons. The molecular weight excluding hydrogens is 282 g/mol. The molecule has 1 aliphatic rings. The standard InChI is InChI=1S/C16H19N3O3/c1-3-19-14-11(7-6-10(2)17-14)13(18-8-4-5-9-18)12(15(19)20)16(21)22/h6-7H,3-5,8-9H2,1-2H3,(H,21,22). The van der Waals surface area contributed by atoms with E-state index in [9.17, 15) is 14.7 Å². The lowest BCUT2D eigenvalue weighted by atomic mass is 10.1. The predicted octanol–water partition coefficient (Wildman–Crippen LogP) is 2.02. The minimum atomic E-state index is -1.17. The number of aromatic nitrogens is 2. The van der Waals surface area contributed by atoms with E-state index in [1.165, 1.54) is 4.57 Å². The van der Waals surface area contributed by atoms with Crippen LogP contribution in [0.1, 0.15) is 35.8 Å². The Bertz CT molecular complexity index is 804. The third-order valence-corrected chi connectivity index (χ3v) is 4.17. The van der Waals surface area contributed by atoms with Gasteiger partial charge in [-0.2, -0.15) is 0 Å². The van der Waals surface area contributed by atoms with Gasteiger partial charge in [-0.3, -0.25) is 9.36 Å². The normalized spacial score (nSPS) is 14.7. The molecule has 1 aliphatic heterocycles. The number of hydrogen-bond acceptors (Lipinski definition) is 4. The third-order valence-electron chi connectivity index (χ3n) is 4.17. The van der Waals surface area contributed by atoms with Gasteiger partial charge in [-0.15, -0.1) is 0 Å². The molecule has 0 spiro atoms. The van der Waals surface area contributed by atoms with Gasteiger partial charge in [0.05, 0.1) is 5.69 Å². The van der Waals surface area contributed by atoms with Gasteiger partial charge in [-0.1, -0.05) is 0 Å². The summed E-state index contributed by atoms with van der Waals surface area (Å²) in [6.45, 7) is 5.64. The fourth-order valence-corrected chi connectivity index (χ4v) is 3.16. The Hall–Kier alpha value is -2.37. The molecule has 22 heavy (non-hydrogen) atoms. The highest BCUT2D eigenvalue weighted by atomic mass is 16.4. The molecule has 0 aliphatic carbocycles. The number of anilines is 1. The maximum absolute atomic E-state index is 12.7. The zero-order chi connectivity index (χ0) is 15.9. The van der Waals surface area contributed by atoms with Crippen molar-refractivity contribution in [3.8, 4) is 0 Å². The summed E-state index contributed by atoms with van der Waals surface area (Å²) >= 11 is 0. The van der Waals surface area contributed by atoms with E-state index in [1.54, 1.807) is 0 Å². The van der Waals surface area contributed by atoms with E-state index < -0.39 is 11.5 Å². The summed E-state index contributed by atoms with van der Waals surface area (Å²) < 4.78 is 1.45. The molecule has 3 rings (SSSR count). The van der Waals surface area contributed by atoms with Gasteiger partial charge >= 0.3 is 5.97 Å². The largest absolute Gasteiger partial charge is 0.477 e. The predicted molar refractivity (Wildman–Crippen MR) is 84.8 cm³/mol. The van der Waals surface area contributed by atoms with E-state index in [-0.39, 0.29) is 5.56 Å². The van der Waals surface area contributed by atoms with Gasteiger partial charge in [0.25, 0.3) is 5.56 Å². The van der Waals surface area contributed by atoms with E-state index in [1.807, 2.05) is 30.9 Å². The van der Waals surface area contributed by atoms with E-state index in [0.717, 1.165) is 37.0 Å². The van der Waals surface area contributed by atoms with Gasteiger partial charge in [0.1, 0.15) is 11.2 Å². The Morgan fingerprint density at radius 1 is 1.32 bits per heavy atom. The second-order valence-corrected chi connectivity index (χ2v) is 5.60. The number of carboxylic acid groups (broad SMARTS) is 1. The van der Waals surface area contributed by atoms with Crippen molar-refractivity contribution in [2.75, 3.05) is 18.0 Å². The molecular formula is C16H19N3O3. The molecule has 0 amide bonds. The molecule has 2 aromatic heterocycles. The van der Waals surface area contributed by atoms with Gasteiger partial charge in [0.2, 0.25) is 0 Å². The number of rotatable bonds is 3. The summed E-state index contributed by atoms with van der Waals surface area (Å²) in [6, 6.07) is 3.74. The minimum absolute atomic E-state index is 0.137. The van der Waals surface area contributed by atoms with Crippen LogP contribution in [0.5, 0.6) is 0 Å². The molecule has 0 aromatic carbocycles. The molecule has 0 atom stereocenters. The summed E-state index contributed by atoms with van der Waals surface area (Å²) in [4.78, 5) is 30.9. The second-order valence-electron chi connectivity index (χ2n) is 5.60. The summed E-state index contributed by atoms with van der Waals surface area (Å²) in [5, 5.41) is 10.3. The van der Waals surface area contributed by atoms with Gasteiger partial charge in [0.15, 0.2) is 0 Å². The van der Waals surface area contributed by atoms with Crippen molar-refractivity contribution < 1.29 is 9.90 Å². The van der Waals surface area contributed by atoms with Crippen molar-refractivity contribution in [1.29, 1.82) is 0 Å². The Kier molecular flexibility index (Phi) is 3.60. The highest BCUT2D eigenvalue weighted by Gasteiger charge is 2.27. The van der Waals surface area contributed by atoms with Crippen LogP contribution in [-0.2, 0) is 6.54 Å². The molecule has 6 heteroatoms. The van der Waals surface area contributed by atoms with Crippen molar-refractivity contribution in [2.45, 2.75) is 33.2 Å². The average Bonchev–Trinajstić information content (AvgIpc) is 2.99. The lowest BCUT2D eigenvalue weighted by Crippen LogP contribution is -2.32. The van der Waals surface area contributed by atoms with E-state index >= 15 is 0 Å². The van der Waals surface area contributed by atoms with Gasteiger partial charge < -0.3 is 10.0 Å². The molecule has 1 N–H and O–H groups in total. The third kappa shape index (κ3) is 2.15. The zero-order valence-electron chi connectivity index (χ0n) is 12.8. The minimum Gasteiger partial charge on any atom is -0.477 e. The fraction of sp³-hybridized carbons (Fsp3) is 0.438. The highest BCUT2D eigenvalue weighted by Crippen LogP contribution is 2.31. The first-order valence-electron chi connectivity index (χ1n) is 7.57. The maximum atomic E-state index is 12.7. The Labute approximate surface area is 128 Å². The Morgan fingerprint density at radius 2 is 2.00 bits per heavy atom. The van der Waals surface area contributed by atoms with Crippen molar-refractivity contribution in [2.24, 2.45) is 0 Å². The van der Waals surface area contributed by atoms with Crippen LogP contribution >= 0.6 is 0 Å². The SMILES string of the molecule is CCn1c(=O)c(C(=O)O)c(N2CCCC2)c2ccc(C)nc21. The first kappa shape index (κ1) is 14.6. The quantitative estimate of drug-likeness (QED) is 0.938. The van der Waals surface area contributed by atoms with Crippen LogP contribution < -0.4 is 10.5 Å². The van der Waals surface area contributed by atoms with Gasteiger partial charge in [-0.05, 0) is 38.8 Å². The maximum Gasteiger partial charge on any atom is 0.343 e. The van der Waals surface area contributed by atoms with Crippen LogP contribution in [0, 0.1) is 6.92 Å². The number of nitrogens with zero attached hydrogens (tertiary/aromatic N) is 3. The number of carbonyl (C=O) groups is 1. The van der Waals surface area contributed by atoms with Crippen LogP contribution in [0.2, 0.25) is 0 Å². The topological polar surface area (TPSA) is 75.4 Å². The fourth-order valence-electron chi connectivity index (χ4n) is 3.16. The van der Waals surface area contributed by atoms with Crippen LogP contribution in [-0.4, -0.2) is 33.7 Å². The highest BCUT2D eigenvalue weighted by molar-refractivity contribution is 6.04.